The van der Waals surface area contributed by atoms with Gasteiger partial charge >= 0.3 is 6.36 Å². The van der Waals surface area contributed by atoms with Gasteiger partial charge < -0.3 is 15.5 Å². The summed E-state index contributed by atoms with van der Waals surface area (Å²) in [5.74, 6) is -0.0442. The number of benzene rings is 3. The highest BCUT2D eigenvalue weighted by molar-refractivity contribution is 8.15. The number of nitrogens with zero attached hydrogens (tertiary/aromatic N) is 3. The molecule has 0 aromatic heterocycles. The number of hydrogen-bond acceptors (Lipinski definition) is 7. The van der Waals surface area contributed by atoms with Crippen molar-refractivity contribution in [1.29, 1.82) is 5.41 Å². The van der Waals surface area contributed by atoms with Crippen LogP contribution in [0.4, 0.5) is 24.5 Å². The van der Waals surface area contributed by atoms with Gasteiger partial charge in [-0.05, 0) is 66.4 Å². The highest BCUT2D eigenvalue weighted by Gasteiger charge is 2.32. The molecule has 1 heterocycles. The van der Waals surface area contributed by atoms with E-state index in [2.05, 4.69) is 20.3 Å². The summed E-state index contributed by atoms with van der Waals surface area (Å²) in [6.07, 6.45) is -0.103. The van der Waals surface area contributed by atoms with Crippen molar-refractivity contribution < 1.29 is 22.7 Å². The van der Waals surface area contributed by atoms with Gasteiger partial charge in [0.05, 0.1) is 23.4 Å². The minimum absolute atomic E-state index is 0.0377. The Bertz CT molecular complexity index is 1430. The number of rotatable bonds is 8. The number of ether oxygens (including phenoxy) is 1. The highest BCUT2D eigenvalue weighted by atomic mass is 32.2. The molecule has 0 atom stereocenters. The molecule has 2 N–H and O–H groups in total. The lowest BCUT2D eigenvalue weighted by molar-refractivity contribution is -0.274. The maximum atomic E-state index is 12.5. The molecule has 7 nitrogen and oxygen atoms in total. The van der Waals surface area contributed by atoms with Crippen LogP contribution >= 0.6 is 11.8 Å². The van der Waals surface area contributed by atoms with E-state index in [1.54, 1.807) is 35.4 Å². The van der Waals surface area contributed by atoms with Gasteiger partial charge in [-0.15, -0.1) is 18.3 Å². The van der Waals surface area contributed by atoms with Crippen molar-refractivity contribution in [1.82, 2.24) is 0 Å². The van der Waals surface area contributed by atoms with Crippen LogP contribution in [0.2, 0.25) is 0 Å². The van der Waals surface area contributed by atoms with Crippen LogP contribution in [0.1, 0.15) is 22.3 Å². The topological polar surface area (TPSA) is 90.1 Å². The van der Waals surface area contributed by atoms with Crippen molar-refractivity contribution in [2.45, 2.75) is 20.2 Å². The maximum Gasteiger partial charge on any atom is 0.573 e. The molecule has 3 aromatic carbocycles. The molecular weight excluding hydrogens is 527 g/mol. The lowest BCUT2D eigenvalue weighted by Crippen LogP contribution is -2.30. The van der Waals surface area contributed by atoms with E-state index in [0.717, 1.165) is 22.4 Å². The Balaban J connectivity index is 1.35. The molecule has 0 spiro atoms. The lowest BCUT2D eigenvalue weighted by Gasteiger charge is -2.20. The zero-order valence-electron chi connectivity index (χ0n) is 21.0. The number of amidine groups is 1. The van der Waals surface area contributed by atoms with E-state index in [-0.39, 0.29) is 17.4 Å². The Kier molecular flexibility index (Phi) is 8.50. The second-order valence-corrected chi connectivity index (χ2v) is 9.41. The third-order valence-electron chi connectivity index (χ3n) is 5.59. The number of para-hydroxylation sites is 1. The summed E-state index contributed by atoms with van der Waals surface area (Å²) >= 11 is 1.34. The average Bonchev–Trinajstić information content (AvgIpc) is 3.24. The third-order valence-corrected chi connectivity index (χ3v) is 6.50. The van der Waals surface area contributed by atoms with Crippen molar-refractivity contribution in [3.8, 4) is 5.75 Å². The van der Waals surface area contributed by atoms with Crippen LogP contribution in [-0.4, -0.2) is 35.1 Å². The summed E-state index contributed by atoms with van der Waals surface area (Å²) in [7, 11) is 0. The fourth-order valence-corrected chi connectivity index (χ4v) is 4.59. The van der Waals surface area contributed by atoms with Crippen molar-refractivity contribution in [2.24, 2.45) is 10.2 Å². The second-order valence-electron chi connectivity index (χ2n) is 8.47. The number of nitrogens with one attached hydrogen (secondary N) is 2. The van der Waals surface area contributed by atoms with Crippen LogP contribution in [-0.2, 0) is 4.79 Å². The summed E-state index contributed by atoms with van der Waals surface area (Å²) in [5, 5.41) is 20.1. The summed E-state index contributed by atoms with van der Waals surface area (Å²) < 4.78 is 40.6. The molecule has 39 heavy (non-hydrogen) atoms. The zero-order chi connectivity index (χ0) is 28.0. The molecule has 1 aliphatic rings. The number of alkyl halides is 3. The van der Waals surface area contributed by atoms with Gasteiger partial charge in [0.2, 0.25) is 5.91 Å². The van der Waals surface area contributed by atoms with Gasteiger partial charge in [0.25, 0.3) is 0 Å². The number of hydrogen-bond donors (Lipinski definition) is 2. The first-order valence-corrected chi connectivity index (χ1v) is 12.7. The Morgan fingerprint density at radius 1 is 1.05 bits per heavy atom. The van der Waals surface area contributed by atoms with Gasteiger partial charge in [0, 0.05) is 11.9 Å². The predicted octanol–water partition coefficient (Wildman–Crippen LogP) is 6.67. The number of carbonyl (C=O) groups is 1. The summed E-state index contributed by atoms with van der Waals surface area (Å²) in [4.78, 5) is 14.2. The van der Waals surface area contributed by atoms with E-state index >= 15 is 0 Å². The quantitative estimate of drug-likeness (QED) is 0.242. The molecular formula is C28H24F3N5O2S. The average molecular weight is 552 g/mol. The third kappa shape index (κ3) is 7.35. The van der Waals surface area contributed by atoms with Crippen LogP contribution in [0.3, 0.4) is 0 Å². The summed E-state index contributed by atoms with van der Waals surface area (Å²) in [6.45, 7) is 3.91. The summed E-state index contributed by atoms with van der Waals surface area (Å²) in [6, 6.07) is 18.3. The molecule has 3 aromatic rings. The van der Waals surface area contributed by atoms with Gasteiger partial charge in [-0.1, -0.05) is 54.2 Å². The number of carbonyl (C=O) groups excluding carboxylic acids is 1. The van der Waals surface area contributed by atoms with E-state index < -0.39 is 6.36 Å². The van der Waals surface area contributed by atoms with Gasteiger partial charge in [-0.3, -0.25) is 9.69 Å². The van der Waals surface area contributed by atoms with Crippen LogP contribution in [0, 0.1) is 19.3 Å². The molecule has 1 fully saturated rings. The molecule has 1 aliphatic heterocycles. The van der Waals surface area contributed by atoms with Gasteiger partial charge in [0.1, 0.15) is 5.75 Å². The van der Waals surface area contributed by atoms with Crippen molar-refractivity contribution >= 4 is 46.1 Å². The SMILES string of the molecule is Cc1cccc(C)c1N1C(=O)CS/C1=N\N=C\c1ccc(C(=N)/C=C\Nc2ccc(OC(F)(F)F)cc2)cc1. The molecule has 0 saturated carbocycles. The number of amides is 1. The highest BCUT2D eigenvalue weighted by Crippen LogP contribution is 2.32. The van der Waals surface area contributed by atoms with Crippen LogP contribution in [0.5, 0.6) is 5.75 Å². The van der Waals surface area contributed by atoms with Crippen LogP contribution in [0.25, 0.3) is 0 Å². The molecule has 200 valence electrons. The zero-order valence-corrected chi connectivity index (χ0v) is 21.8. The molecule has 11 heteroatoms. The molecule has 1 amide bonds. The van der Waals surface area contributed by atoms with Crippen molar-refractivity contribution in [3.05, 3.63) is 101 Å². The largest absolute Gasteiger partial charge is 0.573 e. The van der Waals surface area contributed by atoms with E-state index in [0.29, 0.717) is 22.2 Å². The van der Waals surface area contributed by atoms with Gasteiger partial charge in [0.15, 0.2) is 5.17 Å². The molecule has 4 rings (SSSR count). The van der Waals surface area contributed by atoms with Crippen LogP contribution < -0.4 is 15.0 Å². The van der Waals surface area contributed by atoms with E-state index in [4.69, 9.17) is 5.41 Å². The number of anilines is 2. The Morgan fingerprint density at radius 3 is 2.36 bits per heavy atom. The first-order valence-electron chi connectivity index (χ1n) is 11.7. The Labute approximate surface area is 227 Å². The Hall–Kier alpha value is -4.38. The first-order chi connectivity index (χ1) is 18.6. The fraction of sp³-hybridized carbons (Fsp3) is 0.143. The van der Waals surface area contributed by atoms with Crippen molar-refractivity contribution in [2.75, 3.05) is 16.0 Å². The van der Waals surface area contributed by atoms with E-state index in [9.17, 15) is 18.0 Å². The fourth-order valence-electron chi connectivity index (χ4n) is 3.78. The summed E-state index contributed by atoms with van der Waals surface area (Å²) in [5.41, 5.74) is 5.00. The smallest absolute Gasteiger partial charge is 0.406 e. The normalized spacial score (nSPS) is 15.1. The molecule has 1 saturated heterocycles. The van der Waals surface area contributed by atoms with Gasteiger partial charge in [-0.2, -0.15) is 5.10 Å². The van der Waals surface area contributed by atoms with Crippen LogP contribution in [0.15, 0.2) is 89.2 Å². The standard InChI is InChI=1S/C28H24F3N5O2S/c1-18-4-3-5-19(2)26(18)36-25(37)17-39-27(36)35-34-16-20-6-8-21(9-7-20)24(32)14-15-33-22-10-12-23(13-11-22)38-28(29,30)31/h3-16,32-33H,17H2,1-2H3/b15-14-,32-24?,34-16+,35-27-. The number of aryl methyl sites for hydroxylation is 2. The number of halogens is 3. The molecule has 0 aliphatic carbocycles. The number of allylic oxidation sites excluding steroid dienone is 1. The van der Waals surface area contributed by atoms with E-state index in [1.165, 1.54) is 48.3 Å². The molecule has 0 unspecified atom stereocenters. The molecule has 0 radical (unpaired) electrons. The maximum absolute atomic E-state index is 12.5. The minimum Gasteiger partial charge on any atom is -0.406 e. The van der Waals surface area contributed by atoms with Crippen molar-refractivity contribution in [3.63, 3.8) is 0 Å². The minimum atomic E-state index is -4.74. The van der Waals surface area contributed by atoms with Gasteiger partial charge in [-0.25, -0.2) is 0 Å². The lowest BCUT2D eigenvalue weighted by atomic mass is 10.1. The first kappa shape index (κ1) is 27.6. The monoisotopic (exact) mass is 551 g/mol. The number of thioether (sulfide) groups is 1. The second kappa shape index (κ2) is 12.0. The molecule has 0 bridgehead atoms. The van der Waals surface area contributed by atoms with E-state index in [1.807, 2.05) is 32.0 Å². The predicted molar refractivity (Wildman–Crippen MR) is 150 cm³/mol. The Morgan fingerprint density at radius 2 is 1.72 bits per heavy atom.